The first-order valence-corrected chi connectivity index (χ1v) is 12.5. The standard InChI is InChI=1S/C30H37N3O3/c1-4-18-33(30(35)28(5-2)26-15-10-7-11-16-26)24-29(34)32(20-21-36-3)23-27-17-12-19-31(27)22-25-13-8-6-9-14-25/h4,6-17,19,28H,1,5,18,20-24H2,2-3H3. The molecule has 0 radical (unpaired) electrons. The van der Waals surface area contributed by atoms with Crippen molar-refractivity contribution >= 4 is 11.8 Å². The fourth-order valence-electron chi connectivity index (χ4n) is 4.33. The van der Waals surface area contributed by atoms with Gasteiger partial charge in [0, 0.05) is 38.6 Å². The molecule has 2 amide bonds. The van der Waals surface area contributed by atoms with E-state index in [4.69, 9.17) is 4.74 Å². The third kappa shape index (κ3) is 7.43. The van der Waals surface area contributed by atoms with Gasteiger partial charge in [0.2, 0.25) is 11.8 Å². The zero-order valence-corrected chi connectivity index (χ0v) is 21.4. The highest BCUT2D eigenvalue weighted by Gasteiger charge is 2.27. The van der Waals surface area contributed by atoms with E-state index in [1.165, 1.54) is 5.56 Å². The zero-order valence-electron chi connectivity index (χ0n) is 21.4. The summed E-state index contributed by atoms with van der Waals surface area (Å²) in [4.78, 5) is 30.4. The van der Waals surface area contributed by atoms with Crippen molar-refractivity contribution in [3.63, 3.8) is 0 Å². The molecule has 0 saturated carbocycles. The van der Waals surface area contributed by atoms with Crippen molar-refractivity contribution in [1.29, 1.82) is 0 Å². The van der Waals surface area contributed by atoms with Gasteiger partial charge in [-0.2, -0.15) is 0 Å². The molecule has 1 unspecified atom stereocenters. The minimum Gasteiger partial charge on any atom is -0.383 e. The van der Waals surface area contributed by atoms with Crippen molar-refractivity contribution < 1.29 is 14.3 Å². The lowest BCUT2D eigenvalue weighted by Crippen LogP contribution is -2.45. The second-order valence-corrected chi connectivity index (χ2v) is 8.80. The normalized spacial score (nSPS) is 11.6. The number of nitrogens with zero attached hydrogens (tertiary/aromatic N) is 3. The Morgan fingerprint density at radius 3 is 2.33 bits per heavy atom. The van der Waals surface area contributed by atoms with Gasteiger partial charge in [-0.1, -0.05) is 73.7 Å². The maximum atomic E-state index is 13.5. The van der Waals surface area contributed by atoms with E-state index in [0.717, 1.165) is 17.8 Å². The first kappa shape index (κ1) is 27.0. The molecule has 1 atom stereocenters. The van der Waals surface area contributed by atoms with Crippen LogP contribution in [0.2, 0.25) is 0 Å². The molecule has 0 fully saturated rings. The largest absolute Gasteiger partial charge is 0.383 e. The van der Waals surface area contributed by atoms with Crippen molar-refractivity contribution in [1.82, 2.24) is 14.4 Å². The summed E-state index contributed by atoms with van der Waals surface area (Å²) in [5.41, 5.74) is 3.18. The predicted molar refractivity (Wildman–Crippen MR) is 144 cm³/mol. The molecule has 3 aromatic rings. The SMILES string of the molecule is C=CCN(CC(=O)N(CCOC)Cc1cccn1Cc1ccccc1)C(=O)C(CC)c1ccccc1. The van der Waals surface area contributed by atoms with Gasteiger partial charge in [-0.25, -0.2) is 0 Å². The molecular formula is C30H37N3O3. The number of aromatic nitrogens is 1. The Bertz CT molecular complexity index is 1090. The highest BCUT2D eigenvalue weighted by molar-refractivity contribution is 5.88. The Hall–Kier alpha value is -3.64. The Morgan fingerprint density at radius 2 is 1.69 bits per heavy atom. The molecule has 190 valence electrons. The number of amides is 2. The third-order valence-electron chi connectivity index (χ3n) is 6.29. The van der Waals surface area contributed by atoms with Crippen LogP contribution >= 0.6 is 0 Å². The van der Waals surface area contributed by atoms with E-state index in [1.807, 2.05) is 73.8 Å². The Morgan fingerprint density at radius 1 is 1.00 bits per heavy atom. The van der Waals surface area contributed by atoms with Crippen LogP contribution in [0.4, 0.5) is 0 Å². The van der Waals surface area contributed by atoms with Crippen LogP contribution in [0.25, 0.3) is 0 Å². The number of ether oxygens (including phenoxy) is 1. The van der Waals surface area contributed by atoms with E-state index in [2.05, 4.69) is 23.3 Å². The molecule has 6 nitrogen and oxygen atoms in total. The fourth-order valence-corrected chi connectivity index (χ4v) is 4.33. The summed E-state index contributed by atoms with van der Waals surface area (Å²) in [6, 6.07) is 24.0. The van der Waals surface area contributed by atoms with Crippen LogP contribution in [0.5, 0.6) is 0 Å². The average molecular weight is 488 g/mol. The molecule has 0 aliphatic carbocycles. The van der Waals surface area contributed by atoms with Crippen molar-refractivity contribution in [2.24, 2.45) is 0 Å². The van der Waals surface area contributed by atoms with E-state index in [9.17, 15) is 9.59 Å². The predicted octanol–water partition coefficient (Wildman–Crippen LogP) is 4.72. The van der Waals surface area contributed by atoms with Gasteiger partial charge < -0.3 is 19.1 Å². The minimum atomic E-state index is -0.297. The van der Waals surface area contributed by atoms with Crippen LogP contribution in [-0.4, -0.2) is 59.5 Å². The van der Waals surface area contributed by atoms with Crippen LogP contribution < -0.4 is 0 Å². The van der Waals surface area contributed by atoms with Crippen LogP contribution in [0.3, 0.4) is 0 Å². The lowest BCUT2D eigenvalue weighted by Gasteiger charge is -2.29. The summed E-state index contributed by atoms with van der Waals surface area (Å²) >= 11 is 0. The molecule has 6 heteroatoms. The third-order valence-corrected chi connectivity index (χ3v) is 6.29. The van der Waals surface area contributed by atoms with E-state index >= 15 is 0 Å². The second kappa shape index (κ2) is 14.0. The number of rotatable bonds is 14. The van der Waals surface area contributed by atoms with Gasteiger partial charge in [-0.15, -0.1) is 6.58 Å². The van der Waals surface area contributed by atoms with Crippen molar-refractivity contribution in [3.8, 4) is 0 Å². The lowest BCUT2D eigenvalue weighted by molar-refractivity contribution is -0.141. The minimum absolute atomic E-state index is 0.00268. The average Bonchev–Trinajstić information content (AvgIpc) is 3.34. The number of methoxy groups -OCH3 is 1. The molecule has 3 rings (SSSR count). The summed E-state index contributed by atoms with van der Waals surface area (Å²) in [6.45, 7) is 8.15. The molecule has 36 heavy (non-hydrogen) atoms. The number of hydrogen-bond acceptors (Lipinski definition) is 3. The molecule has 0 aliphatic rings. The fraction of sp³-hybridized carbons (Fsp3) is 0.333. The van der Waals surface area contributed by atoms with Crippen molar-refractivity contribution in [3.05, 3.63) is 108 Å². The topological polar surface area (TPSA) is 54.8 Å². The second-order valence-electron chi connectivity index (χ2n) is 8.80. The van der Waals surface area contributed by atoms with Crippen LogP contribution in [0.15, 0.2) is 91.6 Å². The van der Waals surface area contributed by atoms with Gasteiger partial charge in [-0.3, -0.25) is 9.59 Å². The van der Waals surface area contributed by atoms with Crippen LogP contribution in [0.1, 0.15) is 36.1 Å². The van der Waals surface area contributed by atoms with Crippen molar-refractivity contribution in [2.75, 3.05) is 33.4 Å². The first-order valence-electron chi connectivity index (χ1n) is 12.5. The van der Waals surface area contributed by atoms with E-state index in [0.29, 0.717) is 32.7 Å². The molecule has 1 heterocycles. The van der Waals surface area contributed by atoms with Crippen molar-refractivity contribution in [2.45, 2.75) is 32.4 Å². The van der Waals surface area contributed by atoms with Gasteiger partial charge >= 0.3 is 0 Å². The quantitative estimate of drug-likeness (QED) is 0.309. The summed E-state index contributed by atoms with van der Waals surface area (Å²) in [5, 5.41) is 0. The molecule has 0 spiro atoms. The Labute approximate surface area is 214 Å². The Kier molecular flexibility index (Phi) is 10.5. The lowest BCUT2D eigenvalue weighted by atomic mass is 9.95. The van der Waals surface area contributed by atoms with Gasteiger partial charge in [0.1, 0.15) is 6.54 Å². The number of carbonyl (C=O) groups excluding carboxylic acids is 2. The maximum Gasteiger partial charge on any atom is 0.242 e. The summed E-state index contributed by atoms with van der Waals surface area (Å²) in [5.74, 6) is -0.469. The first-order chi connectivity index (χ1) is 17.6. The maximum absolute atomic E-state index is 13.5. The summed E-state index contributed by atoms with van der Waals surface area (Å²) < 4.78 is 7.43. The molecule has 0 saturated heterocycles. The number of benzene rings is 2. The smallest absolute Gasteiger partial charge is 0.242 e. The van der Waals surface area contributed by atoms with Gasteiger partial charge in [0.25, 0.3) is 0 Å². The van der Waals surface area contributed by atoms with E-state index in [1.54, 1.807) is 23.0 Å². The van der Waals surface area contributed by atoms with E-state index in [-0.39, 0.29) is 24.3 Å². The monoisotopic (exact) mass is 487 g/mol. The number of carbonyl (C=O) groups is 2. The summed E-state index contributed by atoms with van der Waals surface area (Å²) in [7, 11) is 1.63. The molecule has 0 N–H and O–H groups in total. The molecule has 1 aromatic heterocycles. The van der Waals surface area contributed by atoms with Crippen LogP contribution in [0, 0.1) is 0 Å². The highest BCUT2D eigenvalue weighted by Crippen LogP contribution is 2.22. The summed E-state index contributed by atoms with van der Waals surface area (Å²) in [6.07, 6.45) is 4.36. The van der Waals surface area contributed by atoms with Gasteiger partial charge in [-0.05, 0) is 29.7 Å². The zero-order chi connectivity index (χ0) is 25.8. The number of hydrogen-bond donors (Lipinski definition) is 0. The van der Waals surface area contributed by atoms with Gasteiger partial charge in [0.05, 0.1) is 19.1 Å². The molecule has 2 aromatic carbocycles. The molecule has 0 aliphatic heterocycles. The molecular weight excluding hydrogens is 450 g/mol. The van der Waals surface area contributed by atoms with Gasteiger partial charge in [0.15, 0.2) is 0 Å². The highest BCUT2D eigenvalue weighted by atomic mass is 16.5. The molecule has 0 bridgehead atoms. The van der Waals surface area contributed by atoms with Crippen LogP contribution in [-0.2, 0) is 27.4 Å². The Balaban J connectivity index is 1.75. The van der Waals surface area contributed by atoms with E-state index < -0.39 is 0 Å².